The monoisotopic (exact) mass is 634 g/mol. The first-order chi connectivity index (χ1) is 21.9. The highest BCUT2D eigenvalue weighted by molar-refractivity contribution is 5.87. The number of methoxy groups -OCH3 is 1. The van der Waals surface area contributed by atoms with Gasteiger partial charge in [0.2, 0.25) is 0 Å². The Morgan fingerprint density at radius 3 is 2.37 bits per heavy atom. The van der Waals surface area contributed by atoms with Crippen LogP contribution < -0.4 is 9.47 Å². The molecule has 0 amide bonds. The maximum Gasteiger partial charge on any atom is 0.331 e. The number of hydrogen-bond donors (Lipinski definition) is 0. The summed E-state index contributed by atoms with van der Waals surface area (Å²) in [4.78, 5) is 24.2. The first-order valence-corrected chi connectivity index (χ1v) is 18.6. The van der Waals surface area contributed by atoms with Crippen LogP contribution in [0.25, 0.3) is 6.08 Å². The van der Waals surface area contributed by atoms with Gasteiger partial charge < -0.3 is 14.2 Å². The van der Waals surface area contributed by atoms with Gasteiger partial charge in [-0.1, -0.05) is 60.5 Å². The average Bonchev–Trinajstić information content (AvgIpc) is 3.38. The zero-order valence-corrected chi connectivity index (χ0v) is 30.1. The summed E-state index contributed by atoms with van der Waals surface area (Å²) in [6.07, 6.45) is 18.9. The van der Waals surface area contributed by atoms with Crippen LogP contribution in [0.2, 0.25) is 0 Å². The SMILES string of the molecule is CC[C@H](CC[C@@H](C)[C@H]1CC[C@H]2[C@@H]3CC[C@H]4C[C@@H](OC(=O)/C=C/c5ccc(OC(C)=O)c(OC)c5)CC[C@]4(C)[C@H]3CC[C@]12C)C(C)C. The lowest BCUT2D eigenvalue weighted by molar-refractivity contribution is -0.158. The zero-order valence-electron chi connectivity index (χ0n) is 30.1. The lowest BCUT2D eigenvalue weighted by Crippen LogP contribution is -2.54. The minimum atomic E-state index is -0.404. The van der Waals surface area contributed by atoms with Gasteiger partial charge in [-0.3, -0.25) is 4.79 Å². The van der Waals surface area contributed by atoms with Gasteiger partial charge >= 0.3 is 11.9 Å². The molecule has 5 nitrogen and oxygen atoms in total. The quantitative estimate of drug-likeness (QED) is 0.138. The fourth-order valence-corrected chi connectivity index (χ4v) is 11.4. The highest BCUT2D eigenvalue weighted by Crippen LogP contribution is 2.68. The number of esters is 2. The van der Waals surface area contributed by atoms with E-state index in [9.17, 15) is 9.59 Å². The molecule has 1 aromatic carbocycles. The van der Waals surface area contributed by atoms with Crippen LogP contribution >= 0.6 is 0 Å². The predicted molar refractivity (Wildman–Crippen MR) is 185 cm³/mol. The highest BCUT2D eigenvalue weighted by Gasteiger charge is 2.60. The van der Waals surface area contributed by atoms with Gasteiger partial charge in [0.05, 0.1) is 7.11 Å². The Balaban J connectivity index is 1.16. The van der Waals surface area contributed by atoms with Crippen molar-refractivity contribution in [1.29, 1.82) is 0 Å². The van der Waals surface area contributed by atoms with Gasteiger partial charge in [0.15, 0.2) is 11.5 Å². The van der Waals surface area contributed by atoms with Crippen LogP contribution in [-0.2, 0) is 14.3 Å². The van der Waals surface area contributed by atoms with Gasteiger partial charge in [0.25, 0.3) is 0 Å². The lowest BCUT2D eigenvalue weighted by atomic mass is 9.44. The van der Waals surface area contributed by atoms with Crippen LogP contribution in [0.4, 0.5) is 0 Å². The van der Waals surface area contributed by atoms with E-state index < -0.39 is 5.97 Å². The summed E-state index contributed by atoms with van der Waals surface area (Å²) in [6, 6.07) is 5.23. The number of ether oxygens (including phenoxy) is 3. The molecule has 0 aromatic heterocycles. The number of benzene rings is 1. The molecular formula is C41H62O5. The smallest absolute Gasteiger partial charge is 0.331 e. The molecule has 0 radical (unpaired) electrons. The first-order valence-electron chi connectivity index (χ1n) is 18.6. The minimum Gasteiger partial charge on any atom is -0.493 e. The van der Waals surface area contributed by atoms with Crippen LogP contribution in [0.1, 0.15) is 131 Å². The molecule has 0 heterocycles. The van der Waals surface area contributed by atoms with Crippen LogP contribution in [-0.4, -0.2) is 25.2 Å². The summed E-state index contributed by atoms with van der Waals surface area (Å²) in [5, 5.41) is 0. The maximum absolute atomic E-state index is 12.9. The molecule has 0 N–H and O–H groups in total. The Kier molecular flexibility index (Phi) is 11.0. The van der Waals surface area contributed by atoms with Crippen LogP contribution in [0.3, 0.4) is 0 Å². The van der Waals surface area contributed by atoms with Crippen molar-refractivity contribution in [3.8, 4) is 11.5 Å². The van der Waals surface area contributed by atoms with Crippen LogP contribution in [0.5, 0.6) is 11.5 Å². The molecule has 5 heteroatoms. The van der Waals surface area contributed by atoms with E-state index in [-0.39, 0.29) is 12.1 Å². The number of carbonyl (C=O) groups is 2. The van der Waals surface area contributed by atoms with Crippen molar-refractivity contribution < 1.29 is 23.8 Å². The summed E-state index contributed by atoms with van der Waals surface area (Å²) >= 11 is 0. The molecule has 0 aliphatic heterocycles. The average molecular weight is 635 g/mol. The van der Waals surface area contributed by atoms with Crippen molar-refractivity contribution in [2.24, 2.45) is 58.2 Å². The summed E-state index contributed by atoms with van der Waals surface area (Å²) in [7, 11) is 1.53. The molecule has 0 bridgehead atoms. The number of hydrogen-bond acceptors (Lipinski definition) is 5. The molecule has 4 fully saturated rings. The third kappa shape index (κ3) is 7.09. The second-order valence-electron chi connectivity index (χ2n) is 16.5. The van der Waals surface area contributed by atoms with Crippen molar-refractivity contribution in [2.75, 3.05) is 7.11 Å². The second kappa shape index (κ2) is 14.4. The summed E-state index contributed by atoms with van der Waals surface area (Å²) in [5.41, 5.74) is 1.68. The Morgan fingerprint density at radius 1 is 0.935 bits per heavy atom. The molecule has 0 saturated heterocycles. The number of fused-ring (bicyclic) bond motifs is 5. The van der Waals surface area contributed by atoms with E-state index in [1.54, 1.807) is 24.3 Å². The van der Waals surface area contributed by atoms with Gasteiger partial charge in [-0.15, -0.1) is 0 Å². The number of rotatable bonds is 11. The Bertz CT molecular complexity index is 1250. The standard InChI is InChI=1S/C41H62O5/c1-9-30(26(2)3)13-10-27(4)34-16-17-35-33-15-14-31-25-32(20-22-40(31,6)36(33)21-23-41(34,35)7)46-39(43)19-12-29-11-18-37(45-28(5)42)38(24-29)44-8/h11-12,18-19,24,26-27,30-36H,9-10,13-17,20-23,25H2,1-8H3/b19-12+/t27-,30-,31+,32+,33+,34-,35+,36+,40+,41-/m1/s1. The molecule has 4 saturated carbocycles. The largest absolute Gasteiger partial charge is 0.493 e. The van der Waals surface area contributed by atoms with Crippen molar-refractivity contribution in [1.82, 2.24) is 0 Å². The van der Waals surface area contributed by atoms with E-state index in [1.807, 2.05) is 0 Å². The van der Waals surface area contributed by atoms with E-state index in [0.29, 0.717) is 28.2 Å². The molecule has 0 unspecified atom stereocenters. The third-order valence-electron chi connectivity index (χ3n) is 14.0. The van der Waals surface area contributed by atoms with E-state index in [1.165, 1.54) is 84.3 Å². The lowest BCUT2D eigenvalue weighted by Gasteiger charge is -2.61. The van der Waals surface area contributed by atoms with Gasteiger partial charge in [0, 0.05) is 13.0 Å². The molecule has 46 heavy (non-hydrogen) atoms. The Labute approximate surface area is 279 Å². The van der Waals surface area contributed by atoms with E-state index in [0.717, 1.165) is 59.8 Å². The minimum absolute atomic E-state index is 0.00370. The maximum atomic E-state index is 12.9. The summed E-state index contributed by atoms with van der Waals surface area (Å²) in [6.45, 7) is 16.4. The van der Waals surface area contributed by atoms with E-state index >= 15 is 0 Å². The van der Waals surface area contributed by atoms with Gasteiger partial charge in [-0.25, -0.2) is 4.79 Å². The fourth-order valence-electron chi connectivity index (χ4n) is 11.4. The van der Waals surface area contributed by atoms with Crippen molar-refractivity contribution in [3.63, 3.8) is 0 Å². The Morgan fingerprint density at radius 2 is 1.67 bits per heavy atom. The third-order valence-corrected chi connectivity index (χ3v) is 14.0. The molecule has 1 aromatic rings. The fraction of sp³-hybridized carbons (Fsp3) is 0.756. The molecule has 0 spiro atoms. The van der Waals surface area contributed by atoms with E-state index in [4.69, 9.17) is 14.2 Å². The van der Waals surface area contributed by atoms with Crippen molar-refractivity contribution in [3.05, 3.63) is 29.8 Å². The molecular weight excluding hydrogens is 572 g/mol. The molecule has 5 rings (SSSR count). The molecule has 4 aliphatic carbocycles. The van der Waals surface area contributed by atoms with Gasteiger partial charge in [0.1, 0.15) is 6.10 Å². The van der Waals surface area contributed by atoms with Gasteiger partial charge in [-0.05, 0) is 146 Å². The second-order valence-corrected chi connectivity index (χ2v) is 16.5. The summed E-state index contributed by atoms with van der Waals surface area (Å²) < 4.78 is 16.6. The van der Waals surface area contributed by atoms with Crippen molar-refractivity contribution in [2.45, 2.75) is 132 Å². The Hall–Kier alpha value is -2.30. The molecule has 4 aliphatic rings. The highest BCUT2D eigenvalue weighted by atomic mass is 16.6. The number of carbonyl (C=O) groups excluding carboxylic acids is 2. The van der Waals surface area contributed by atoms with Crippen molar-refractivity contribution >= 4 is 18.0 Å². The molecule has 10 atom stereocenters. The normalized spacial score (nSPS) is 35.2. The topological polar surface area (TPSA) is 61.8 Å². The van der Waals surface area contributed by atoms with Crippen LogP contribution in [0, 0.1) is 58.2 Å². The van der Waals surface area contributed by atoms with E-state index in [2.05, 4.69) is 41.5 Å². The predicted octanol–water partition coefficient (Wildman–Crippen LogP) is 10.3. The summed E-state index contributed by atoms with van der Waals surface area (Å²) in [5.74, 6) is 6.77. The van der Waals surface area contributed by atoms with Gasteiger partial charge in [-0.2, -0.15) is 0 Å². The molecule has 256 valence electrons. The first kappa shape index (κ1) is 35.0. The zero-order chi connectivity index (χ0) is 33.2. The van der Waals surface area contributed by atoms with Crippen LogP contribution in [0.15, 0.2) is 24.3 Å².